The average Bonchev–Trinajstić information content (AvgIpc) is 2.26. The van der Waals surface area contributed by atoms with Crippen molar-refractivity contribution in [2.24, 2.45) is 5.73 Å². The Hall–Kier alpha value is -1.01. The zero-order chi connectivity index (χ0) is 13.1. The fraction of sp³-hybridized carbons (Fsp3) is 0.364. The van der Waals surface area contributed by atoms with E-state index >= 15 is 0 Å². The molecule has 0 radical (unpaired) electrons. The molecule has 0 spiro atoms. The van der Waals surface area contributed by atoms with Crippen LogP contribution in [0.25, 0.3) is 0 Å². The number of hydrogen-bond donors (Lipinski definition) is 3. The van der Waals surface area contributed by atoms with Gasteiger partial charge in [0, 0.05) is 6.42 Å². The van der Waals surface area contributed by atoms with Crippen LogP contribution in [0.5, 0.6) is 0 Å². The molecule has 0 amide bonds. The lowest BCUT2D eigenvalue weighted by Gasteiger charge is -2.11. The summed E-state index contributed by atoms with van der Waals surface area (Å²) < 4.78 is 23.3. The van der Waals surface area contributed by atoms with Crippen LogP contribution in [0.15, 0.2) is 29.2 Å². The predicted octanol–water partition coefficient (Wildman–Crippen LogP) is 1.74. The molecule has 1 unspecified atom stereocenters. The molecule has 0 aliphatic carbocycles. The van der Waals surface area contributed by atoms with Crippen LogP contribution < -0.4 is 5.73 Å². The monoisotopic (exact) mass is 272 g/mol. The highest BCUT2D eigenvalue weighted by molar-refractivity contribution is 8.04. The molecule has 1 rings (SSSR count). The summed E-state index contributed by atoms with van der Waals surface area (Å²) in [5.74, 6) is -0.0249. The number of nitrogens with two attached hydrogens (primary N) is 1. The first kappa shape index (κ1) is 14.1. The Balaban J connectivity index is 2.87. The van der Waals surface area contributed by atoms with E-state index in [-0.39, 0.29) is 23.6 Å². The van der Waals surface area contributed by atoms with Crippen molar-refractivity contribution in [3.63, 3.8) is 0 Å². The van der Waals surface area contributed by atoms with E-state index in [1.165, 1.54) is 0 Å². The SMILES string of the molecule is Cc1ccc(S(=O)(=O)C(S)CCC(=N)N)cc1. The minimum Gasteiger partial charge on any atom is -0.388 e. The van der Waals surface area contributed by atoms with Gasteiger partial charge in [-0.25, -0.2) is 8.42 Å². The maximum absolute atomic E-state index is 12.1. The van der Waals surface area contributed by atoms with Gasteiger partial charge in [0.25, 0.3) is 0 Å². The van der Waals surface area contributed by atoms with Crippen molar-refractivity contribution in [2.45, 2.75) is 29.2 Å². The van der Waals surface area contributed by atoms with Crippen LogP contribution in [0.1, 0.15) is 18.4 Å². The van der Waals surface area contributed by atoms with Crippen molar-refractivity contribution in [2.75, 3.05) is 0 Å². The molecule has 0 aliphatic rings. The topological polar surface area (TPSA) is 84.0 Å². The number of nitrogens with one attached hydrogen (secondary N) is 1. The lowest BCUT2D eigenvalue weighted by atomic mass is 10.2. The zero-order valence-corrected chi connectivity index (χ0v) is 11.3. The Kier molecular flexibility index (Phi) is 4.59. The molecule has 1 aromatic carbocycles. The highest BCUT2D eigenvalue weighted by Gasteiger charge is 2.23. The first-order valence-electron chi connectivity index (χ1n) is 5.15. The second-order valence-corrected chi connectivity index (χ2v) is 6.98. The highest BCUT2D eigenvalue weighted by Crippen LogP contribution is 2.22. The molecular formula is C11H16N2O2S2. The number of benzene rings is 1. The van der Waals surface area contributed by atoms with Crippen molar-refractivity contribution in [3.05, 3.63) is 29.8 Å². The molecule has 1 aromatic rings. The Labute approximate surface area is 107 Å². The van der Waals surface area contributed by atoms with E-state index in [1.54, 1.807) is 24.3 Å². The summed E-state index contributed by atoms with van der Waals surface area (Å²) in [4.78, 5) is 0.256. The van der Waals surface area contributed by atoms with Crippen LogP contribution in [0, 0.1) is 12.3 Å². The molecule has 1 atom stereocenters. The van der Waals surface area contributed by atoms with Gasteiger partial charge in [0.15, 0.2) is 9.84 Å². The second-order valence-electron chi connectivity index (χ2n) is 3.88. The summed E-state index contributed by atoms with van der Waals surface area (Å²) in [5.41, 5.74) is 6.20. The van der Waals surface area contributed by atoms with Crippen molar-refractivity contribution in [1.82, 2.24) is 0 Å². The first-order valence-corrected chi connectivity index (χ1v) is 7.22. The number of hydrogen-bond acceptors (Lipinski definition) is 4. The van der Waals surface area contributed by atoms with E-state index in [0.29, 0.717) is 0 Å². The molecule has 0 fully saturated rings. The third kappa shape index (κ3) is 3.74. The Bertz CT molecular complexity index is 495. The first-order chi connectivity index (χ1) is 7.84. The van der Waals surface area contributed by atoms with Crippen LogP contribution in [-0.4, -0.2) is 18.8 Å². The zero-order valence-electron chi connectivity index (χ0n) is 9.55. The van der Waals surface area contributed by atoms with Gasteiger partial charge >= 0.3 is 0 Å². The highest BCUT2D eigenvalue weighted by atomic mass is 32.2. The largest absolute Gasteiger partial charge is 0.388 e. The molecule has 94 valence electrons. The van der Waals surface area contributed by atoms with Crippen molar-refractivity contribution >= 4 is 28.3 Å². The van der Waals surface area contributed by atoms with Crippen molar-refractivity contribution in [3.8, 4) is 0 Å². The summed E-state index contributed by atoms with van der Waals surface area (Å²) in [6, 6.07) is 6.64. The number of aryl methyl sites for hydroxylation is 1. The second kappa shape index (κ2) is 5.55. The quantitative estimate of drug-likeness (QED) is 0.433. The van der Waals surface area contributed by atoms with E-state index in [0.717, 1.165) is 5.56 Å². The maximum Gasteiger partial charge on any atom is 0.190 e. The van der Waals surface area contributed by atoms with Gasteiger partial charge in [0.1, 0.15) is 4.58 Å². The molecule has 0 aromatic heterocycles. The minimum atomic E-state index is -3.44. The number of sulfone groups is 1. The third-order valence-corrected chi connectivity index (χ3v) is 5.34. The number of thiol groups is 1. The third-order valence-electron chi connectivity index (χ3n) is 2.37. The molecule has 0 saturated heterocycles. The van der Waals surface area contributed by atoms with Gasteiger partial charge in [0.05, 0.1) is 10.7 Å². The maximum atomic E-state index is 12.1. The van der Waals surface area contributed by atoms with Crippen LogP contribution in [-0.2, 0) is 9.84 Å². The van der Waals surface area contributed by atoms with Gasteiger partial charge in [-0.15, -0.1) is 0 Å². The molecule has 0 saturated carbocycles. The van der Waals surface area contributed by atoms with Crippen molar-refractivity contribution < 1.29 is 8.42 Å². The van der Waals surface area contributed by atoms with Gasteiger partial charge in [0.2, 0.25) is 0 Å². The molecule has 0 aliphatic heterocycles. The Morgan fingerprint density at radius 3 is 2.41 bits per heavy atom. The minimum absolute atomic E-state index is 0.0249. The Morgan fingerprint density at radius 2 is 1.94 bits per heavy atom. The molecule has 3 N–H and O–H groups in total. The fourth-order valence-corrected chi connectivity index (χ4v) is 3.07. The van der Waals surface area contributed by atoms with E-state index < -0.39 is 14.4 Å². The fourth-order valence-electron chi connectivity index (χ4n) is 1.32. The van der Waals surface area contributed by atoms with Gasteiger partial charge in [-0.1, -0.05) is 17.7 Å². The molecule has 6 heteroatoms. The Morgan fingerprint density at radius 1 is 1.41 bits per heavy atom. The summed E-state index contributed by atoms with van der Waals surface area (Å²) in [6.07, 6.45) is 0.480. The molecule has 0 bridgehead atoms. The van der Waals surface area contributed by atoms with E-state index in [2.05, 4.69) is 12.6 Å². The van der Waals surface area contributed by atoms with Crippen LogP contribution >= 0.6 is 12.6 Å². The molecule has 17 heavy (non-hydrogen) atoms. The van der Waals surface area contributed by atoms with E-state index in [1.807, 2.05) is 6.92 Å². The average molecular weight is 272 g/mol. The number of rotatable bonds is 5. The normalized spacial score (nSPS) is 13.3. The van der Waals surface area contributed by atoms with E-state index in [4.69, 9.17) is 11.1 Å². The summed E-state index contributed by atoms with van der Waals surface area (Å²) >= 11 is 4.08. The predicted molar refractivity (Wildman–Crippen MR) is 72.3 cm³/mol. The molecular weight excluding hydrogens is 256 g/mol. The lowest BCUT2D eigenvalue weighted by molar-refractivity contribution is 0.591. The van der Waals surface area contributed by atoms with Gasteiger partial charge < -0.3 is 5.73 Å². The van der Waals surface area contributed by atoms with Crippen LogP contribution in [0.3, 0.4) is 0 Å². The van der Waals surface area contributed by atoms with Gasteiger partial charge in [-0.05, 0) is 25.5 Å². The molecule has 0 heterocycles. The summed E-state index contributed by atoms with van der Waals surface area (Å²) in [5, 5.41) is 7.07. The van der Waals surface area contributed by atoms with Crippen LogP contribution in [0.2, 0.25) is 0 Å². The number of amidine groups is 1. The van der Waals surface area contributed by atoms with E-state index in [9.17, 15) is 8.42 Å². The van der Waals surface area contributed by atoms with Crippen molar-refractivity contribution in [1.29, 1.82) is 5.41 Å². The smallest absolute Gasteiger partial charge is 0.190 e. The lowest BCUT2D eigenvalue weighted by Crippen LogP contribution is -2.19. The summed E-state index contributed by atoms with van der Waals surface area (Å²) in [6.45, 7) is 1.89. The molecule has 4 nitrogen and oxygen atoms in total. The van der Waals surface area contributed by atoms with Gasteiger partial charge in [-0.3, -0.25) is 5.41 Å². The summed E-state index contributed by atoms with van der Waals surface area (Å²) in [7, 11) is -3.44. The van der Waals surface area contributed by atoms with Crippen LogP contribution in [0.4, 0.5) is 0 Å². The standard InChI is InChI=1S/C11H16N2O2S2/c1-8-2-4-9(5-3-8)17(14,15)11(16)7-6-10(12)13/h2-5,11,16H,6-7H2,1H3,(H3,12,13). The van der Waals surface area contributed by atoms with Gasteiger partial charge in [-0.2, -0.15) is 12.6 Å².